The Hall–Kier alpha value is -17.4. The van der Waals surface area contributed by atoms with E-state index in [1.54, 1.807) is 231 Å². The molecule has 16 nitrogen and oxygen atoms in total. The molecule has 0 saturated carbocycles. The van der Waals surface area contributed by atoms with E-state index in [1.807, 2.05) is 194 Å². The lowest BCUT2D eigenvalue weighted by molar-refractivity contribution is 0.0242. The largest absolute Gasteiger partial charge is 0.457 e. The first-order valence-electron chi connectivity index (χ1n) is 41.3. The van der Waals surface area contributed by atoms with Crippen LogP contribution in [0.25, 0.3) is 0 Å². The van der Waals surface area contributed by atoms with Gasteiger partial charge in [0.25, 0.3) is 0 Å². The summed E-state index contributed by atoms with van der Waals surface area (Å²) in [5.74, 6) is 4.23. The maximum absolute atomic E-state index is 13.9. The van der Waals surface area contributed by atoms with Gasteiger partial charge in [0.2, 0.25) is 0 Å². The fourth-order valence-corrected chi connectivity index (χ4v) is 16.7. The Bertz CT molecular complexity index is 6710. The second-order valence-electron chi connectivity index (χ2n) is 30.8. The van der Waals surface area contributed by atoms with E-state index < -0.39 is 34.7 Å². The average molecular weight is 1670 g/mol. The summed E-state index contributed by atoms with van der Waals surface area (Å²) in [6.45, 7) is 0. The highest BCUT2D eigenvalue weighted by molar-refractivity contribution is 6.11. The molecule has 0 N–H and O–H groups in total. The predicted octanol–water partition coefficient (Wildman–Crippen LogP) is 24.8. The molecule has 0 aliphatic carbocycles. The lowest BCUT2D eigenvalue weighted by atomic mass is 9.80. The van der Waals surface area contributed by atoms with Gasteiger partial charge in [-0.1, -0.05) is 188 Å². The van der Waals surface area contributed by atoms with E-state index in [4.69, 9.17) is 42.6 Å². The smallest absolute Gasteiger partial charge is 0.340 e. The molecule has 17 aromatic rings. The van der Waals surface area contributed by atoms with Crippen LogP contribution in [0.3, 0.4) is 0 Å². The minimum atomic E-state index is -1.34. The summed E-state index contributed by atoms with van der Waals surface area (Å²) in [5.41, 5.74) is 7.67. The number of hydrogen-bond donors (Lipinski definition) is 0. The van der Waals surface area contributed by atoms with Gasteiger partial charge < -0.3 is 42.6 Å². The van der Waals surface area contributed by atoms with E-state index in [0.29, 0.717) is 180 Å². The highest BCUT2D eigenvalue weighted by atomic mass is 16.6. The molecular weight excluding hydrogens is 1600 g/mol. The average Bonchev–Trinajstić information content (AvgIpc) is 1.57. The molecule has 0 spiro atoms. The molecule has 2 unspecified atom stereocenters. The number of fused-ring (bicyclic) bond motifs is 3. The van der Waals surface area contributed by atoms with E-state index in [-0.39, 0.29) is 23.1 Å². The summed E-state index contributed by atoms with van der Waals surface area (Å²) in [6.07, 6.45) is 0. The third-order valence-electron chi connectivity index (χ3n) is 23.1. The van der Waals surface area contributed by atoms with Crippen LogP contribution in [0.1, 0.15) is 145 Å². The SMILES string of the molecule is O=C(c1ccccc1)c1ccc(Oc2ccc(C3(c4ccc(Oc5ccc(C(=O)c6ccc(Oc7ccc(C8(c9ccc(Oc%10ccc(C(=O)c%11ccc(Oc%12ccc(C%13(c%14ccc(Oc%15ccc(C(=O)c%16ccccc%16)cc%15)cc%14)OC(=O)c%14ccccc%14%13)cc%12)cc%11)cc%10)cc9)OC(=O)c9ccccc98)cc7)cc6)cc5)cc4)OC(=O)c4ccccc43)cc2)cc1. The van der Waals surface area contributed by atoms with Crippen LogP contribution in [0.4, 0.5) is 0 Å². The van der Waals surface area contributed by atoms with Crippen LogP contribution in [-0.2, 0) is 31.0 Å². The third-order valence-corrected chi connectivity index (χ3v) is 23.1. The summed E-state index contributed by atoms with van der Waals surface area (Å²) in [7, 11) is 0. The Morgan fingerprint density at radius 2 is 0.305 bits per heavy atom. The highest BCUT2D eigenvalue weighted by Crippen LogP contribution is 2.52. The van der Waals surface area contributed by atoms with Gasteiger partial charge in [-0.3, -0.25) is 19.2 Å². The summed E-state index contributed by atoms with van der Waals surface area (Å²) in [5, 5.41) is 0. The van der Waals surface area contributed by atoms with Gasteiger partial charge in [0.15, 0.2) is 39.9 Å². The summed E-state index contributed by atoms with van der Waals surface area (Å²) >= 11 is 0. The molecule has 128 heavy (non-hydrogen) atoms. The van der Waals surface area contributed by atoms with Gasteiger partial charge in [0.1, 0.15) is 69.0 Å². The van der Waals surface area contributed by atoms with Crippen molar-refractivity contribution in [2.45, 2.75) is 16.8 Å². The molecule has 17 aromatic carbocycles. The van der Waals surface area contributed by atoms with Crippen molar-refractivity contribution in [3.63, 3.8) is 0 Å². The standard InChI is InChI=1S/C112H70O16/c113-103(71-13-3-1-4-14-71)73-23-47-85(48-24-73)120-91-59-35-79(36-60-91)110(100-20-10-7-17-97(100)107(117)126-110)81-39-63-93(64-40-81)122-87-51-27-75(28-52-87)105(115)77-31-55-89(56-32-77)124-95-67-43-83(44-68-95)112(102-22-12-9-19-99(102)109(119)128-112)84-45-69-96(70-46-84)125-90-57-33-78(34-58-90)106(116)76-29-53-88(54-30-76)123-94-65-41-82(42-66-94)111(101-21-11-8-18-98(101)108(118)127-111)80-37-61-92(62-38-80)121-86-49-25-74(26-50-86)104(114)72-15-5-2-6-16-72/h1-70H. The van der Waals surface area contributed by atoms with Crippen LogP contribution in [-0.4, -0.2) is 41.0 Å². The zero-order chi connectivity index (χ0) is 86.9. The number of carbonyl (C=O) groups excluding carboxylic acids is 7. The van der Waals surface area contributed by atoms with Crippen molar-refractivity contribution in [1.29, 1.82) is 0 Å². The van der Waals surface area contributed by atoms with E-state index in [9.17, 15) is 33.6 Å². The van der Waals surface area contributed by atoms with Gasteiger partial charge in [-0.05, 0) is 237 Å². The Morgan fingerprint density at radius 1 is 0.164 bits per heavy atom. The number of hydrogen-bond acceptors (Lipinski definition) is 16. The third kappa shape index (κ3) is 15.1. The Balaban J connectivity index is 0.452. The van der Waals surface area contributed by atoms with Gasteiger partial charge in [0, 0.05) is 94.6 Å². The molecule has 16 heteroatoms. The van der Waals surface area contributed by atoms with E-state index in [0.717, 1.165) is 0 Å². The molecule has 3 heterocycles. The highest BCUT2D eigenvalue weighted by Gasteiger charge is 2.51. The molecule has 0 amide bonds. The van der Waals surface area contributed by atoms with Crippen molar-refractivity contribution in [1.82, 2.24) is 0 Å². The van der Waals surface area contributed by atoms with E-state index in [1.165, 1.54) is 0 Å². The van der Waals surface area contributed by atoms with Gasteiger partial charge >= 0.3 is 17.9 Å². The van der Waals surface area contributed by atoms with Gasteiger partial charge in [-0.25, -0.2) is 14.4 Å². The second-order valence-corrected chi connectivity index (χ2v) is 30.8. The number of benzene rings is 17. The molecule has 20 rings (SSSR count). The maximum atomic E-state index is 13.9. The molecule has 3 aliphatic heterocycles. The van der Waals surface area contributed by atoms with Crippen molar-refractivity contribution in [2.24, 2.45) is 0 Å². The molecule has 0 radical (unpaired) electrons. The normalized spacial score (nSPS) is 15.6. The molecule has 0 bridgehead atoms. The Labute approximate surface area is 734 Å². The number of carbonyl (C=O) groups is 7. The summed E-state index contributed by atoms with van der Waals surface area (Å²) in [4.78, 5) is 94.8. The van der Waals surface area contributed by atoms with Crippen LogP contribution in [0.5, 0.6) is 69.0 Å². The fraction of sp³-hybridized carbons (Fsp3) is 0.0268. The minimum Gasteiger partial charge on any atom is -0.457 e. The molecular formula is C112H70O16. The molecule has 2 atom stereocenters. The van der Waals surface area contributed by atoms with Gasteiger partial charge in [0.05, 0.1) is 16.7 Å². The second kappa shape index (κ2) is 33.5. The van der Waals surface area contributed by atoms with Crippen LogP contribution >= 0.6 is 0 Å². The topological polar surface area (TPSA) is 203 Å². The zero-order valence-corrected chi connectivity index (χ0v) is 67.9. The van der Waals surface area contributed by atoms with Crippen molar-refractivity contribution in [3.8, 4) is 69.0 Å². The van der Waals surface area contributed by atoms with E-state index in [2.05, 4.69) is 0 Å². The zero-order valence-electron chi connectivity index (χ0n) is 67.9. The quantitative estimate of drug-likeness (QED) is 0.0281. The number of ketones is 4. The molecule has 0 fully saturated rings. The number of esters is 3. The van der Waals surface area contributed by atoms with Crippen molar-refractivity contribution in [3.05, 3.63) is 536 Å². The maximum Gasteiger partial charge on any atom is 0.340 e. The van der Waals surface area contributed by atoms with Crippen LogP contribution < -0.4 is 28.4 Å². The van der Waals surface area contributed by atoms with Crippen LogP contribution in [0, 0.1) is 0 Å². The fourth-order valence-electron chi connectivity index (χ4n) is 16.7. The first-order valence-corrected chi connectivity index (χ1v) is 41.3. The monoisotopic (exact) mass is 1670 g/mol. The van der Waals surface area contributed by atoms with Crippen molar-refractivity contribution in [2.75, 3.05) is 0 Å². The van der Waals surface area contributed by atoms with Crippen molar-refractivity contribution < 1.29 is 76.2 Å². The molecule has 0 aromatic heterocycles. The molecule has 614 valence electrons. The Kier molecular flexibility index (Phi) is 20.7. The lowest BCUT2D eigenvalue weighted by Crippen LogP contribution is -2.29. The van der Waals surface area contributed by atoms with Crippen LogP contribution in [0.2, 0.25) is 0 Å². The first kappa shape index (κ1) is 79.1. The number of cyclic esters (lactones) is 3. The number of rotatable bonds is 26. The summed E-state index contributed by atoms with van der Waals surface area (Å²) < 4.78 is 56.8. The predicted molar refractivity (Wildman–Crippen MR) is 480 cm³/mol. The van der Waals surface area contributed by atoms with Gasteiger partial charge in [-0.15, -0.1) is 0 Å². The molecule has 0 saturated heterocycles. The Morgan fingerprint density at radius 3 is 0.477 bits per heavy atom. The lowest BCUT2D eigenvalue weighted by Gasteiger charge is -2.30. The van der Waals surface area contributed by atoms with Crippen molar-refractivity contribution >= 4 is 41.0 Å². The molecule has 3 aliphatic rings. The van der Waals surface area contributed by atoms with E-state index >= 15 is 0 Å². The first-order chi connectivity index (χ1) is 62.7. The minimum absolute atomic E-state index is 0.0824. The van der Waals surface area contributed by atoms with Gasteiger partial charge in [-0.2, -0.15) is 0 Å². The summed E-state index contributed by atoms with van der Waals surface area (Å²) in [6, 6.07) is 126. The van der Waals surface area contributed by atoms with Crippen LogP contribution in [0.15, 0.2) is 425 Å². The number of ether oxygens (including phenoxy) is 9.